The molecule has 3 heterocycles. The normalized spacial score (nSPS) is 46.5. The van der Waals surface area contributed by atoms with Crippen LogP contribution in [-0.4, -0.2) is 81.1 Å². The number of rotatable bonds is 1. The van der Waals surface area contributed by atoms with Crippen molar-refractivity contribution in [3.63, 3.8) is 0 Å². The number of aliphatic hydroxyl groups is 3. The van der Waals surface area contributed by atoms with Gasteiger partial charge in [0.1, 0.15) is 6.61 Å². The molecular weight excluding hydrogens is 358 g/mol. The Balaban J connectivity index is 2.00. The summed E-state index contributed by atoms with van der Waals surface area (Å²) in [6, 6.07) is -0.721. The van der Waals surface area contributed by atoms with Crippen molar-refractivity contribution in [2.24, 2.45) is 5.92 Å². The zero-order valence-electron chi connectivity index (χ0n) is 15.8. The molecular formula is C18H27NO8. The van der Waals surface area contributed by atoms with Gasteiger partial charge in [0.2, 0.25) is 0 Å². The van der Waals surface area contributed by atoms with Gasteiger partial charge >= 0.3 is 11.9 Å². The molecule has 7 atom stereocenters. The van der Waals surface area contributed by atoms with E-state index in [0.717, 1.165) is 0 Å². The molecule has 3 rings (SSSR count). The van der Waals surface area contributed by atoms with Crippen molar-refractivity contribution in [2.45, 2.75) is 63.1 Å². The molecule has 27 heavy (non-hydrogen) atoms. The van der Waals surface area contributed by atoms with Crippen LogP contribution >= 0.6 is 0 Å². The van der Waals surface area contributed by atoms with Gasteiger partial charge in [-0.25, -0.2) is 9.59 Å². The lowest BCUT2D eigenvalue weighted by atomic mass is 9.79. The molecule has 3 aliphatic heterocycles. The lowest BCUT2D eigenvalue weighted by Crippen LogP contribution is -2.56. The highest BCUT2D eigenvalue weighted by Crippen LogP contribution is 2.40. The predicted octanol–water partition coefficient (Wildman–Crippen LogP) is -0.629. The summed E-state index contributed by atoms with van der Waals surface area (Å²) in [5.41, 5.74) is -3.79. The van der Waals surface area contributed by atoms with E-state index in [-0.39, 0.29) is 19.7 Å². The standard InChI is InChI=1S/C18H27NO8/c1-10-8-18(24,11(2)20)16(22)27-13-5-7-19(25)6-4-12(14(13)19)9-26-15(21)17(10,3)23/h4,10-11,13-14,20,23-24H,5-9H2,1-3H3. The smallest absolute Gasteiger partial charge is 0.341 e. The summed E-state index contributed by atoms with van der Waals surface area (Å²) < 4.78 is 10.1. The number of aliphatic hydroxyl groups excluding tert-OH is 1. The number of esters is 2. The number of hydrogen-bond acceptors (Lipinski definition) is 8. The van der Waals surface area contributed by atoms with E-state index >= 15 is 0 Å². The van der Waals surface area contributed by atoms with Crippen LogP contribution in [0.1, 0.15) is 33.6 Å². The maximum atomic E-state index is 13.0. The SMILES string of the molecule is CC1CC(O)(C(C)O)C(=O)OC2CC[N+]3([O-])CC=C(COC(=O)C1(C)O)C23. The van der Waals surface area contributed by atoms with Gasteiger partial charge in [-0.2, -0.15) is 0 Å². The summed E-state index contributed by atoms with van der Waals surface area (Å²) >= 11 is 0. The van der Waals surface area contributed by atoms with Gasteiger partial charge in [-0.1, -0.05) is 6.92 Å². The summed E-state index contributed by atoms with van der Waals surface area (Å²) in [6.45, 7) is 4.19. The second-order valence-corrected chi connectivity index (χ2v) is 8.24. The first-order chi connectivity index (χ1) is 12.4. The molecule has 0 aliphatic carbocycles. The fourth-order valence-corrected chi connectivity index (χ4v) is 4.18. The highest BCUT2D eigenvalue weighted by Gasteiger charge is 2.55. The average molecular weight is 385 g/mol. The molecule has 0 aromatic rings. The fourth-order valence-electron chi connectivity index (χ4n) is 4.18. The molecule has 0 amide bonds. The molecule has 3 N–H and O–H groups in total. The van der Waals surface area contributed by atoms with Gasteiger partial charge in [-0.3, -0.25) is 0 Å². The lowest BCUT2D eigenvalue weighted by Gasteiger charge is -2.42. The maximum absolute atomic E-state index is 13.0. The van der Waals surface area contributed by atoms with E-state index in [1.54, 1.807) is 6.08 Å². The van der Waals surface area contributed by atoms with E-state index in [4.69, 9.17) is 9.47 Å². The molecule has 3 aliphatic rings. The summed E-state index contributed by atoms with van der Waals surface area (Å²) in [5, 5.41) is 44.4. The summed E-state index contributed by atoms with van der Waals surface area (Å²) in [4.78, 5) is 25.2. The Kier molecular flexibility index (Phi) is 4.89. The Morgan fingerprint density at radius 1 is 1.33 bits per heavy atom. The number of hydrogen-bond donors (Lipinski definition) is 3. The van der Waals surface area contributed by atoms with Crippen LogP contribution in [0.5, 0.6) is 0 Å². The van der Waals surface area contributed by atoms with Crippen LogP contribution in [0.2, 0.25) is 0 Å². The monoisotopic (exact) mass is 385 g/mol. The van der Waals surface area contributed by atoms with Gasteiger partial charge in [0.25, 0.3) is 0 Å². The predicted molar refractivity (Wildman–Crippen MR) is 91.7 cm³/mol. The molecule has 2 fully saturated rings. The van der Waals surface area contributed by atoms with Crippen molar-refractivity contribution >= 4 is 11.9 Å². The molecule has 2 saturated heterocycles. The van der Waals surface area contributed by atoms with Crippen LogP contribution < -0.4 is 0 Å². The topological polar surface area (TPSA) is 136 Å². The Bertz CT molecular complexity index is 674. The summed E-state index contributed by atoms with van der Waals surface area (Å²) in [6.07, 6.45) is -0.704. The molecule has 0 spiro atoms. The lowest BCUT2D eigenvalue weighted by molar-refractivity contribution is -0.877. The molecule has 0 aromatic heterocycles. The number of cyclic esters (lactones) is 1. The van der Waals surface area contributed by atoms with E-state index in [9.17, 15) is 30.1 Å². The Morgan fingerprint density at radius 2 is 2.00 bits per heavy atom. The second kappa shape index (κ2) is 6.52. The van der Waals surface area contributed by atoms with Crippen molar-refractivity contribution < 1.29 is 39.0 Å². The molecule has 0 radical (unpaired) electrons. The van der Waals surface area contributed by atoms with Gasteiger partial charge in [0, 0.05) is 12.0 Å². The molecule has 152 valence electrons. The Labute approximate surface area is 157 Å². The van der Waals surface area contributed by atoms with Gasteiger partial charge < -0.3 is 34.6 Å². The third-order valence-corrected chi connectivity index (χ3v) is 6.36. The molecule has 0 saturated carbocycles. The highest BCUT2D eigenvalue weighted by molar-refractivity contribution is 5.82. The number of carbonyl (C=O) groups excluding carboxylic acids is 2. The van der Waals surface area contributed by atoms with Crippen molar-refractivity contribution in [3.05, 3.63) is 16.9 Å². The van der Waals surface area contributed by atoms with E-state index in [1.807, 2.05) is 0 Å². The molecule has 9 heteroatoms. The van der Waals surface area contributed by atoms with Crippen LogP contribution in [0.3, 0.4) is 0 Å². The summed E-state index contributed by atoms with van der Waals surface area (Å²) in [5.74, 6) is -2.88. The quantitative estimate of drug-likeness (QED) is 0.235. The van der Waals surface area contributed by atoms with Crippen LogP contribution in [0.15, 0.2) is 11.6 Å². The van der Waals surface area contributed by atoms with Gasteiger partial charge in [0.15, 0.2) is 23.3 Å². The molecule has 9 nitrogen and oxygen atoms in total. The third kappa shape index (κ3) is 3.17. The average Bonchev–Trinajstić information content (AvgIpc) is 3.07. The van der Waals surface area contributed by atoms with Gasteiger partial charge in [-0.15, -0.1) is 0 Å². The van der Waals surface area contributed by atoms with E-state index in [0.29, 0.717) is 12.0 Å². The van der Waals surface area contributed by atoms with Crippen LogP contribution in [-0.2, 0) is 19.1 Å². The van der Waals surface area contributed by atoms with Gasteiger partial charge in [-0.05, 0) is 32.3 Å². The maximum Gasteiger partial charge on any atom is 0.341 e. The van der Waals surface area contributed by atoms with Crippen LogP contribution in [0.25, 0.3) is 0 Å². The number of quaternary nitrogens is 1. The van der Waals surface area contributed by atoms with Crippen molar-refractivity contribution in [2.75, 3.05) is 19.7 Å². The minimum absolute atomic E-state index is 0.163. The van der Waals surface area contributed by atoms with E-state index in [1.165, 1.54) is 20.8 Å². The highest BCUT2D eigenvalue weighted by atomic mass is 16.6. The van der Waals surface area contributed by atoms with Crippen LogP contribution in [0, 0.1) is 11.1 Å². The fraction of sp³-hybridized carbons (Fsp3) is 0.778. The Morgan fingerprint density at radius 3 is 2.63 bits per heavy atom. The minimum atomic E-state index is -2.33. The number of nitrogens with zero attached hydrogens (tertiary/aromatic N) is 1. The van der Waals surface area contributed by atoms with Crippen molar-refractivity contribution in [3.8, 4) is 0 Å². The molecule has 7 unspecified atom stereocenters. The first-order valence-corrected chi connectivity index (χ1v) is 9.19. The third-order valence-electron chi connectivity index (χ3n) is 6.36. The molecule has 0 aromatic carbocycles. The first kappa shape index (κ1) is 20.2. The van der Waals surface area contributed by atoms with Gasteiger partial charge in [0.05, 0.1) is 19.2 Å². The Hall–Kier alpha value is -1.52. The van der Waals surface area contributed by atoms with Crippen LogP contribution in [0.4, 0.5) is 0 Å². The number of ether oxygens (including phenoxy) is 2. The minimum Gasteiger partial charge on any atom is -0.632 e. The van der Waals surface area contributed by atoms with E-state index < -0.39 is 58.4 Å². The first-order valence-electron chi connectivity index (χ1n) is 9.19. The molecule has 0 bridgehead atoms. The van der Waals surface area contributed by atoms with E-state index in [2.05, 4.69) is 0 Å². The number of carbonyl (C=O) groups is 2. The number of hydroxylamine groups is 3. The zero-order valence-corrected chi connectivity index (χ0v) is 15.8. The van der Waals surface area contributed by atoms with Crippen molar-refractivity contribution in [1.29, 1.82) is 0 Å². The second-order valence-electron chi connectivity index (χ2n) is 8.24. The zero-order chi connectivity index (χ0) is 20.2. The van der Waals surface area contributed by atoms with Crippen molar-refractivity contribution in [1.82, 2.24) is 0 Å². The summed E-state index contributed by atoms with van der Waals surface area (Å²) in [7, 11) is 0. The largest absolute Gasteiger partial charge is 0.632 e.